The average molecular weight is 715 g/mol. The summed E-state index contributed by atoms with van der Waals surface area (Å²) in [6.45, 7) is 5.60. The Morgan fingerprint density at radius 3 is 1.53 bits per heavy atom. The lowest BCUT2D eigenvalue weighted by Crippen LogP contribution is -2.22. The van der Waals surface area contributed by atoms with Crippen LogP contribution < -0.4 is 9.47 Å². The van der Waals surface area contributed by atoms with Gasteiger partial charge in [0, 0.05) is 41.8 Å². The molecule has 0 amide bonds. The second kappa shape index (κ2) is 18.3. The molecule has 0 heterocycles. The van der Waals surface area contributed by atoms with Gasteiger partial charge in [-0.25, -0.2) is 0 Å². The number of carbonyl (C=O) groups excluding carboxylic acids is 2. The van der Waals surface area contributed by atoms with Gasteiger partial charge in [-0.2, -0.15) is 0 Å². The molecule has 0 radical (unpaired) electrons. The van der Waals surface area contributed by atoms with Crippen LogP contribution in [0.25, 0.3) is 0 Å². The molecule has 1 aliphatic carbocycles. The molecule has 6 rings (SSSR count). The van der Waals surface area contributed by atoms with E-state index >= 15 is 0 Å². The molecule has 0 saturated heterocycles. The number of rotatable bonds is 18. The standard InChI is InChI=1S/C45H46O4S2/c1-3-5-7-8-9-10-13-32-18-20-33(21-19-32)31-49-35-24-28-37(29-25-35)51-41-17-12-15-39-43(41)45(47)38-14-11-16-40(42(38)44(39)46)50-36-26-22-34(23-27-36)48-30-6-4-2/h11-12,14-29H,3-10,13,30-31H2,1-2H3. The first-order valence-electron chi connectivity index (χ1n) is 18.3. The van der Waals surface area contributed by atoms with Crippen molar-refractivity contribution < 1.29 is 19.1 Å². The van der Waals surface area contributed by atoms with Crippen LogP contribution in [0, 0.1) is 0 Å². The zero-order valence-electron chi connectivity index (χ0n) is 29.6. The first-order chi connectivity index (χ1) is 25.0. The molecule has 6 heteroatoms. The lowest BCUT2D eigenvalue weighted by atomic mass is 9.84. The van der Waals surface area contributed by atoms with Gasteiger partial charge >= 0.3 is 0 Å². The Labute approximate surface area is 311 Å². The molecule has 0 fully saturated rings. The minimum absolute atomic E-state index is 0.121. The number of aryl methyl sites for hydroxylation is 1. The van der Waals surface area contributed by atoms with E-state index in [9.17, 15) is 9.59 Å². The van der Waals surface area contributed by atoms with Gasteiger partial charge in [0.05, 0.1) is 6.61 Å². The predicted molar refractivity (Wildman–Crippen MR) is 209 cm³/mol. The maximum Gasteiger partial charge on any atom is 0.195 e. The first kappa shape index (κ1) is 36.5. The van der Waals surface area contributed by atoms with Crippen molar-refractivity contribution in [2.75, 3.05) is 6.61 Å². The van der Waals surface area contributed by atoms with Crippen LogP contribution in [0.1, 0.15) is 108 Å². The summed E-state index contributed by atoms with van der Waals surface area (Å²) >= 11 is 2.98. The van der Waals surface area contributed by atoms with Crippen molar-refractivity contribution in [3.63, 3.8) is 0 Å². The normalized spacial score (nSPS) is 12.0. The summed E-state index contributed by atoms with van der Waals surface area (Å²) in [6.07, 6.45) is 11.1. The quantitative estimate of drug-likeness (QED) is 0.0826. The van der Waals surface area contributed by atoms with Crippen LogP contribution in [0.15, 0.2) is 129 Å². The number of hydrogen-bond acceptors (Lipinski definition) is 6. The Kier molecular flexibility index (Phi) is 13.1. The monoisotopic (exact) mass is 714 g/mol. The first-order valence-corrected chi connectivity index (χ1v) is 19.9. The Bertz CT molecular complexity index is 1910. The minimum atomic E-state index is -0.122. The highest BCUT2D eigenvalue weighted by Gasteiger charge is 2.33. The Morgan fingerprint density at radius 1 is 0.490 bits per heavy atom. The third kappa shape index (κ3) is 9.55. The van der Waals surface area contributed by atoms with Gasteiger partial charge in [-0.05, 0) is 91.1 Å². The number of fused-ring (bicyclic) bond motifs is 2. The average Bonchev–Trinajstić information content (AvgIpc) is 3.16. The fourth-order valence-electron chi connectivity index (χ4n) is 6.22. The number of carbonyl (C=O) groups is 2. The van der Waals surface area contributed by atoms with Gasteiger partial charge in [0.25, 0.3) is 0 Å². The summed E-state index contributed by atoms with van der Waals surface area (Å²) in [6, 6.07) is 35.7. The van der Waals surface area contributed by atoms with Gasteiger partial charge in [-0.3, -0.25) is 9.59 Å². The van der Waals surface area contributed by atoms with Crippen molar-refractivity contribution in [2.24, 2.45) is 0 Å². The second-order valence-electron chi connectivity index (χ2n) is 13.0. The highest BCUT2D eigenvalue weighted by Crippen LogP contribution is 2.41. The number of hydrogen-bond donors (Lipinski definition) is 0. The summed E-state index contributed by atoms with van der Waals surface area (Å²) in [4.78, 5) is 31.5. The van der Waals surface area contributed by atoms with Crippen molar-refractivity contribution in [2.45, 2.75) is 97.8 Å². The second-order valence-corrected chi connectivity index (χ2v) is 15.2. The molecule has 0 aliphatic heterocycles. The van der Waals surface area contributed by atoms with Gasteiger partial charge in [0.2, 0.25) is 0 Å². The van der Waals surface area contributed by atoms with Crippen LogP contribution in [-0.4, -0.2) is 18.2 Å². The molecule has 4 nitrogen and oxygen atoms in total. The molecule has 51 heavy (non-hydrogen) atoms. The molecule has 5 aromatic carbocycles. The number of ketones is 2. The maximum atomic E-state index is 14.0. The van der Waals surface area contributed by atoms with Gasteiger partial charge in [0.15, 0.2) is 11.6 Å². The van der Waals surface area contributed by atoms with Crippen molar-refractivity contribution in [1.82, 2.24) is 0 Å². The highest BCUT2D eigenvalue weighted by molar-refractivity contribution is 7.99. The molecule has 262 valence electrons. The maximum absolute atomic E-state index is 14.0. The van der Waals surface area contributed by atoms with Crippen LogP contribution in [0.2, 0.25) is 0 Å². The molecule has 0 bridgehead atoms. The SMILES string of the molecule is CCCCCCCCc1ccc(COc2ccc(Sc3cccc4c3C(=O)c3cccc(Sc5ccc(OCCCC)cc5)c3C4=O)cc2)cc1. The van der Waals surface area contributed by atoms with E-state index in [1.54, 1.807) is 12.1 Å². The summed E-state index contributed by atoms with van der Waals surface area (Å²) < 4.78 is 11.9. The van der Waals surface area contributed by atoms with E-state index in [0.717, 1.165) is 55.9 Å². The van der Waals surface area contributed by atoms with E-state index in [4.69, 9.17) is 9.47 Å². The molecule has 0 aromatic heterocycles. The highest BCUT2D eigenvalue weighted by atomic mass is 32.2. The third-order valence-electron chi connectivity index (χ3n) is 9.11. The smallest absolute Gasteiger partial charge is 0.195 e. The zero-order chi connectivity index (χ0) is 35.4. The van der Waals surface area contributed by atoms with E-state index in [0.29, 0.717) is 35.5 Å². The van der Waals surface area contributed by atoms with Crippen molar-refractivity contribution in [3.05, 3.63) is 143 Å². The lowest BCUT2D eigenvalue weighted by Gasteiger charge is -2.22. The zero-order valence-corrected chi connectivity index (χ0v) is 31.3. The molecule has 0 N–H and O–H groups in total. The van der Waals surface area contributed by atoms with E-state index in [-0.39, 0.29) is 11.6 Å². The number of unbranched alkanes of at least 4 members (excludes halogenated alkanes) is 6. The van der Waals surface area contributed by atoms with E-state index in [2.05, 4.69) is 38.1 Å². The Balaban J connectivity index is 1.07. The van der Waals surface area contributed by atoms with Gasteiger partial charge < -0.3 is 9.47 Å². The van der Waals surface area contributed by atoms with Crippen molar-refractivity contribution in [3.8, 4) is 11.5 Å². The van der Waals surface area contributed by atoms with E-state index in [1.165, 1.54) is 67.6 Å². The van der Waals surface area contributed by atoms with Crippen LogP contribution in [0.3, 0.4) is 0 Å². The molecule has 0 spiro atoms. The van der Waals surface area contributed by atoms with Crippen molar-refractivity contribution in [1.29, 1.82) is 0 Å². The van der Waals surface area contributed by atoms with Gasteiger partial charge in [-0.1, -0.05) is 124 Å². The minimum Gasteiger partial charge on any atom is -0.494 e. The molecule has 0 unspecified atom stereocenters. The fraction of sp³-hybridized carbons (Fsp3) is 0.289. The lowest BCUT2D eigenvalue weighted by molar-refractivity contribution is 0.0974. The summed E-state index contributed by atoms with van der Waals surface area (Å²) in [5.74, 6) is 1.37. The van der Waals surface area contributed by atoms with Gasteiger partial charge in [-0.15, -0.1) is 0 Å². The molecular weight excluding hydrogens is 669 g/mol. The van der Waals surface area contributed by atoms with Gasteiger partial charge in [0.1, 0.15) is 18.1 Å². The van der Waals surface area contributed by atoms with E-state index in [1.807, 2.05) is 72.8 Å². The van der Waals surface area contributed by atoms with Crippen molar-refractivity contribution >= 4 is 35.1 Å². The molecule has 0 saturated carbocycles. The van der Waals surface area contributed by atoms with Crippen LogP contribution in [0.4, 0.5) is 0 Å². The summed E-state index contributed by atoms with van der Waals surface area (Å²) in [5.41, 5.74) is 4.37. The van der Waals surface area contributed by atoms with Crippen LogP contribution in [0.5, 0.6) is 11.5 Å². The predicted octanol–water partition coefficient (Wildman–Crippen LogP) is 12.4. The topological polar surface area (TPSA) is 52.6 Å². The number of ether oxygens (including phenoxy) is 2. The summed E-state index contributed by atoms with van der Waals surface area (Å²) in [7, 11) is 0. The Hall–Kier alpha value is -4.26. The third-order valence-corrected chi connectivity index (χ3v) is 11.2. The largest absolute Gasteiger partial charge is 0.494 e. The molecular formula is C45H46O4S2. The molecule has 0 atom stereocenters. The van der Waals surface area contributed by atoms with Crippen LogP contribution in [-0.2, 0) is 13.0 Å². The molecule has 5 aromatic rings. The molecule has 1 aliphatic rings. The fourth-order valence-corrected chi connectivity index (χ4v) is 8.18. The Morgan fingerprint density at radius 2 is 0.980 bits per heavy atom. The van der Waals surface area contributed by atoms with Crippen LogP contribution >= 0.6 is 23.5 Å². The number of benzene rings is 5. The summed E-state index contributed by atoms with van der Waals surface area (Å²) in [5, 5.41) is 0. The van der Waals surface area contributed by atoms with E-state index < -0.39 is 0 Å².